The van der Waals surface area contributed by atoms with Gasteiger partial charge in [0.15, 0.2) is 11.0 Å². The molecule has 1 aliphatic heterocycles. The minimum absolute atomic E-state index is 0.131. The van der Waals surface area contributed by atoms with Crippen molar-refractivity contribution in [2.24, 2.45) is 0 Å². The van der Waals surface area contributed by atoms with Crippen LogP contribution in [0.2, 0.25) is 0 Å². The van der Waals surface area contributed by atoms with E-state index in [1.807, 2.05) is 41.0 Å². The number of thioether (sulfide) groups is 1. The zero-order valence-electron chi connectivity index (χ0n) is 15.8. The van der Waals surface area contributed by atoms with Crippen molar-refractivity contribution in [2.75, 3.05) is 24.2 Å². The lowest BCUT2D eigenvalue weighted by atomic mass is 10.3. The van der Waals surface area contributed by atoms with E-state index < -0.39 is 0 Å². The van der Waals surface area contributed by atoms with Gasteiger partial charge in [-0.3, -0.25) is 14.3 Å². The third kappa shape index (κ3) is 5.23. The van der Waals surface area contributed by atoms with E-state index >= 15 is 0 Å². The quantitative estimate of drug-likeness (QED) is 0.527. The Kier molecular flexibility index (Phi) is 6.58. The number of benzene rings is 1. The molecule has 1 aliphatic rings. The van der Waals surface area contributed by atoms with Crippen LogP contribution in [0.25, 0.3) is 5.69 Å². The molecular formula is C20H21BrN6OS. The van der Waals surface area contributed by atoms with E-state index in [0.717, 1.165) is 35.6 Å². The summed E-state index contributed by atoms with van der Waals surface area (Å²) in [6.45, 7) is 2.94. The smallest absolute Gasteiger partial charge is 0.236 e. The van der Waals surface area contributed by atoms with Gasteiger partial charge < -0.3 is 5.32 Å². The SMILES string of the molecule is O=C(CSc1nnc(CN2CCCC2)n1-c1ccccc1)Nc1ccc(Br)cn1. The topological polar surface area (TPSA) is 75.9 Å². The number of nitrogens with one attached hydrogen (secondary N) is 1. The van der Waals surface area contributed by atoms with Crippen molar-refractivity contribution < 1.29 is 4.79 Å². The van der Waals surface area contributed by atoms with Gasteiger partial charge in [0.05, 0.1) is 12.3 Å². The molecule has 9 heteroatoms. The largest absolute Gasteiger partial charge is 0.310 e. The highest BCUT2D eigenvalue weighted by Crippen LogP contribution is 2.24. The number of likely N-dealkylation sites (tertiary alicyclic amines) is 1. The summed E-state index contributed by atoms with van der Waals surface area (Å²) in [5.74, 6) is 1.52. The summed E-state index contributed by atoms with van der Waals surface area (Å²) in [6, 6.07) is 13.6. The summed E-state index contributed by atoms with van der Waals surface area (Å²) in [5.41, 5.74) is 1.00. The zero-order chi connectivity index (χ0) is 20.1. The predicted molar refractivity (Wildman–Crippen MR) is 117 cm³/mol. The number of rotatable bonds is 7. The highest BCUT2D eigenvalue weighted by Gasteiger charge is 2.20. The lowest BCUT2D eigenvalue weighted by Crippen LogP contribution is -2.21. The zero-order valence-corrected chi connectivity index (χ0v) is 18.2. The molecule has 2 aromatic heterocycles. The van der Waals surface area contributed by atoms with Crippen LogP contribution in [0.15, 0.2) is 58.3 Å². The fraction of sp³-hybridized carbons (Fsp3) is 0.300. The van der Waals surface area contributed by atoms with E-state index in [0.29, 0.717) is 11.0 Å². The molecule has 0 unspecified atom stereocenters. The molecule has 0 radical (unpaired) electrons. The van der Waals surface area contributed by atoms with Crippen molar-refractivity contribution in [1.29, 1.82) is 0 Å². The van der Waals surface area contributed by atoms with E-state index in [-0.39, 0.29) is 11.7 Å². The minimum atomic E-state index is -0.131. The number of aromatic nitrogens is 4. The molecular weight excluding hydrogens is 452 g/mol. The van der Waals surface area contributed by atoms with Crippen molar-refractivity contribution >= 4 is 39.4 Å². The summed E-state index contributed by atoms with van der Waals surface area (Å²) in [6.07, 6.45) is 4.11. The minimum Gasteiger partial charge on any atom is -0.310 e. The first-order chi connectivity index (χ1) is 14.2. The van der Waals surface area contributed by atoms with Crippen molar-refractivity contribution in [3.8, 4) is 5.69 Å². The fourth-order valence-corrected chi connectivity index (χ4v) is 4.24. The molecule has 1 aromatic carbocycles. The summed E-state index contributed by atoms with van der Waals surface area (Å²) >= 11 is 4.71. The second kappa shape index (κ2) is 9.51. The number of carbonyl (C=O) groups excluding carboxylic acids is 1. The maximum atomic E-state index is 12.4. The van der Waals surface area contributed by atoms with Crippen LogP contribution in [0.5, 0.6) is 0 Å². The Balaban J connectivity index is 1.48. The summed E-state index contributed by atoms with van der Waals surface area (Å²) < 4.78 is 2.92. The molecule has 0 aliphatic carbocycles. The molecule has 1 fully saturated rings. The number of anilines is 1. The Morgan fingerprint density at radius 1 is 1.10 bits per heavy atom. The number of nitrogens with zero attached hydrogens (tertiary/aromatic N) is 5. The average molecular weight is 473 g/mol. The molecule has 1 saturated heterocycles. The summed E-state index contributed by atoms with van der Waals surface area (Å²) in [7, 11) is 0. The summed E-state index contributed by atoms with van der Waals surface area (Å²) in [4.78, 5) is 18.9. The van der Waals surface area contributed by atoms with E-state index in [2.05, 4.69) is 41.3 Å². The number of hydrogen-bond donors (Lipinski definition) is 1. The Bertz CT molecular complexity index is 957. The fourth-order valence-electron chi connectivity index (χ4n) is 3.23. The third-order valence-corrected chi connectivity index (χ3v) is 6.00. The van der Waals surface area contributed by atoms with Crippen LogP contribution in [-0.4, -0.2) is 49.4 Å². The van der Waals surface area contributed by atoms with Gasteiger partial charge in [0, 0.05) is 16.4 Å². The molecule has 1 amide bonds. The number of hydrogen-bond acceptors (Lipinski definition) is 6. The predicted octanol–water partition coefficient (Wildman–Crippen LogP) is 3.75. The van der Waals surface area contributed by atoms with Crippen molar-refractivity contribution in [1.82, 2.24) is 24.6 Å². The molecule has 3 aromatic rings. The second-order valence-electron chi connectivity index (χ2n) is 6.75. The Labute approximate surface area is 182 Å². The average Bonchev–Trinajstić information content (AvgIpc) is 3.39. The first kappa shape index (κ1) is 20.1. The third-order valence-electron chi connectivity index (χ3n) is 4.61. The lowest BCUT2D eigenvalue weighted by Gasteiger charge is -2.15. The maximum Gasteiger partial charge on any atom is 0.236 e. The number of carbonyl (C=O) groups is 1. The van der Waals surface area contributed by atoms with Crippen molar-refractivity contribution in [3.05, 3.63) is 59.0 Å². The van der Waals surface area contributed by atoms with E-state index in [1.54, 1.807) is 12.3 Å². The lowest BCUT2D eigenvalue weighted by molar-refractivity contribution is -0.113. The molecule has 0 atom stereocenters. The second-order valence-corrected chi connectivity index (χ2v) is 8.61. The van der Waals surface area contributed by atoms with E-state index in [1.165, 1.54) is 24.6 Å². The molecule has 0 saturated carbocycles. The van der Waals surface area contributed by atoms with Crippen LogP contribution in [0.3, 0.4) is 0 Å². The van der Waals surface area contributed by atoms with Gasteiger partial charge >= 0.3 is 0 Å². The monoisotopic (exact) mass is 472 g/mol. The Morgan fingerprint density at radius 2 is 1.90 bits per heavy atom. The van der Waals surface area contributed by atoms with Crippen LogP contribution in [0.4, 0.5) is 5.82 Å². The molecule has 0 bridgehead atoms. The summed E-state index contributed by atoms with van der Waals surface area (Å²) in [5, 5.41) is 12.3. The number of pyridine rings is 1. The Morgan fingerprint density at radius 3 is 2.62 bits per heavy atom. The van der Waals surface area contributed by atoms with E-state index in [4.69, 9.17) is 0 Å². The van der Waals surface area contributed by atoms with Gasteiger partial charge in [-0.1, -0.05) is 30.0 Å². The first-order valence-electron chi connectivity index (χ1n) is 9.45. The standard InChI is InChI=1S/C20H21BrN6OS/c21-15-8-9-17(22-12-15)23-19(28)14-29-20-25-24-18(13-26-10-4-5-11-26)27(20)16-6-2-1-3-7-16/h1-3,6-9,12H,4-5,10-11,13-14H2,(H,22,23,28). The maximum absolute atomic E-state index is 12.4. The van der Waals surface area contributed by atoms with Gasteiger partial charge in [-0.2, -0.15) is 0 Å². The number of para-hydroxylation sites is 1. The van der Waals surface area contributed by atoms with Crippen molar-refractivity contribution in [2.45, 2.75) is 24.5 Å². The van der Waals surface area contributed by atoms with Crippen LogP contribution >= 0.6 is 27.7 Å². The van der Waals surface area contributed by atoms with Crippen molar-refractivity contribution in [3.63, 3.8) is 0 Å². The van der Waals surface area contributed by atoms with E-state index in [9.17, 15) is 4.79 Å². The van der Waals surface area contributed by atoms with Gasteiger partial charge in [0.1, 0.15) is 5.82 Å². The highest BCUT2D eigenvalue weighted by atomic mass is 79.9. The van der Waals surface area contributed by atoms with Crippen LogP contribution in [-0.2, 0) is 11.3 Å². The van der Waals surface area contributed by atoms with Gasteiger partial charge in [0.2, 0.25) is 5.91 Å². The Hall–Kier alpha value is -2.23. The molecule has 0 spiro atoms. The van der Waals surface area contributed by atoms with Crippen LogP contribution in [0, 0.1) is 0 Å². The molecule has 7 nitrogen and oxygen atoms in total. The van der Waals surface area contributed by atoms with Gasteiger partial charge in [-0.05, 0) is 66.1 Å². The molecule has 1 N–H and O–H groups in total. The van der Waals surface area contributed by atoms with Gasteiger partial charge in [-0.15, -0.1) is 10.2 Å². The van der Waals surface area contributed by atoms with Gasteiger partial charge in [-0.25, -0.2) is 4.98 Å². The van der Waals surface area contributed by atoms with Crippen LogP contribution < -0.4 is 5.32 Å². The molecule has 150 valence electrons. The van der Waals surface area contributed by atoms with Crippen LogP contribution in [0.1, 0.15) is 18.7 Å². The highest BCUT2D eigenvalue weighted by molar-refractivity contribution is 9.10. The number of halogens is 1. The molecule has 4 rings (SSSR count). The molecule has 3 heterocycles. The normalized spacial score (nSPS) is 14.2. The number of amides is 1. The van der Waals surface area contributed by atoms with Gasteiger partial charge in [0.25, 0.3) is 0 Å². The first-order valence-corrected chi connectivity index (χ1v) is 11.2. The molecule has 29 heavy (non-hydrogen) atoms.